The molecule has 0 radical (unpaired) electrons. The Kier molecular flexibility index (Phi) is 4.81. The van der Waals surface area contributed by atoms with E-state index in [1.807, 2.05) is 34.1 Å². The van der Waals surface area contributed by atoms with E-state index in [4.69, 9.17) is 11.6 Å². The van der Waals surface area contributed by atoms with Gasteiger partial charge in [0, 0.05) is 26.2 Å². The molecule has 0 spiro atoms. The highest BCUT2D eigenvalue weighted by molar-refractivity contribution is 6.33. The maximum absolute atomic E-state index is 14.0. The molecule has 138 valence electrons. The van der Waals surface area contributed by atoms with Gasteiger partial charge in [-0.3, -0.25) is 4.79 Å². The summed E-state index contributed by atoms with van der Waals surface area (Å²) in [6, 6.07) is 15.9. The number of halogens is 2. The normalized spacial score (nSPS) is 14.4. The number of hydrogen-bond acceptors (Lipinski definition) is 4. The summed E-state index contributed by atoms with van der Waals surface area (Å²) >= 11 is 6.37. The molecule has 3 aromatic rings. The van der Waals surface area contributed by atoms with E-state index >= 15 is 0 Å². The zero-order valence-electron chi connectivity index (χ0n) is 14.6. The molecular weight excluding hydrogens is 367 g/mol. The number of benzene rings is 2. The van der Waals surface area contributed by atoms with Crippen molar-refractivity contribution in [1.82, 2.24) is 9.78 Å². The van der Waals surface area contributed by atoms with Gasteiger partial charge < -0.3 is 9.80 Å². The third-order valence-electron chi connectivity index (χ3n) is 4.71. The highest BCUT2D eigenvalue weighted by atomic mass is 35.5. The van der Waals surface area contributed by atoms with E-state index in [1.54, 1.807) is 30.5 Å². The van der Waals surface area contributed by atoms with Gasteiger partial charge >= 0.3 is 0 Å². The van der Waals surface area contributed by atoms with Crippen LogP contribution in [0.15, 0.2) is 65.6 Å². The zero-order valence-corrected chi connectivity index (χ0v) is 15.3. The molecule has 4 rings (SSSR count). The summed E-state index contributed by atoms with van der Waals surface area (Å²) in [5, 5.41) is 4.43. The molecule has 2 aromatic carbocycles. The predicted octanol–water partition coefficient (Wildman–Crippen LogP) is 3.35. The molecule has 0 saturated carbocycles. The van der Waals surface area contributed by atoms with Gasteiger partial charge in [-0.05, 0) is 24.3 Å². The second-order valence-electron chi connectivity index (χ2n) is 6.32. The molecule has 0 amide bonds. The van der Waals surface area contributed by atoms with Crippen LogP contribution < -0.4 is 15.4 Å². The van der Waals surface area contributed by atoms with Crippen LogP contribution in [0.4, 0.5) is 15.8 Å². The molecular formula is C20H18ClFN4O. The van der Waals surface area contributed by atoms with Crippen LogP contribution in [-0.2, 0) is 0 Å². The number of anilines is 2. The van der Waals surface area contributed by atoms with Gasteiger partial charge in [-0.15, -0.1) is 0 Å². The van der Waals surface area contributed by atoms with Crippen molar-refractivity contribution in [1.29, 1.82) is 0 Å². The second-order valence-corrected chi connectivity index (χ2v) is 6.70. The SMILES string of the molecule is O=c1c(Cl)c(N2CCN(c3ccccc3F)CC2)cnn1-c1ccccc1. The molecule has 7 heteroatoms. The molecule has 0 aliphatic carbocycles. The number of rotatable bonds is 3. The Morgan fingerprint density at radius 2 is 1.44 bits per heavy atom. The van der Waals surface area contributed by atoms with Crippen LogP contribution in [0.3, 0.4) is 0 Å². The first-order valence-electron chi connectivity index (χ1n) is 8.73. The topological polar surface area (TPSA) is 41.4 Å². The van der Waals surface area contributed by atoms with E-state index < -0.39 is 0 Å². The minimum atomic E-state index is -0.350. The van der Waals surface area contributed by atoms with E-state index in [-0.39, 0.29) is 16.4 Å². The quantitative estimate of drug-likeness (QED) is 0.694. The van der Waals surface area contributed by atoms with Gasteiger partial charge in [0.25, 0.3) is 5.56 Å². The Balaban J connectivity index is 1.55. The van der Waals surface area contributed by atoms with Crippen LogP contribution in [0, 0.1) is 5.82 Å². The summed E-state index contributed by atoms with van der Waals surface area (Å²) in [5.74, 6) is -0.226. The van der Waals surface area contributed by atoms with Crippen LogP contribution >= 0.6 is 11.6 Å². The average Bonchev–Trinajstić information content (AvgIpc) is 2.71. The maximum atomic E-state index is 14.0. The highest BCUT2D eigenvalue weighted by Crippen LogP contribution is 2.25. The fourth-order valence-electron chi connectivity index (χ4n) is 3.29. The van der Waals surface area contributed by atoms with Crippen molar-refractivity contribution < 1.29 is 4.39 Å². The molecule has 0 bridgehead atoms. The number of nitrogens with zero attached hydrogens (tertiary/aromatic N) is 4. The molecule has 1 aliphatic heterocycles. The average molecular weight is 385 g/mol. The van der Waals surface area contributed by atoms with Gasteiger partial charge in [0.05, 0.1) is 23.3 Å². The van der Waals surface area contributed by atoms with Crippen molar-refractivity contribution >= 4 is 23.0 Å². The first-order valence-corrected chi connectivity index (χ1v) is 9.10. The Hall–Kier alpha value is -2.86. The highest BCUT2D eigenvalue weighted by Gasteiger charge is 2.22. The summed E-state index contributed by atoms with van der Waals surface area (Å²) in [4.78, 5) is 16.7. The van der Waals surface area contributed by atoms with Crippen LogP contribution in [0.5, 0.6) is 0 Å². The van der Waals surface area contributed by atoms with Crippen LogP contribution in [0.2, 0.25) is 5.02 Å². The fraction of sp³-hybridized carbons (Fsp3) is 0.200. The van der Waals surface area contributed by atoms with Crippen LogP contribution in [-0.4, -0.2) is 36.0 Å². The molecule has 1 saturated heterocycles. The lowest BCUT2D eigenvalue weighted by Gasteiger charge is -2.37. The predicted molar refractivity (Wildman–Crippen MR) is 106 cm³/mol. The molecule has 0 unspecified atom stereocenters. The third kappa shape index (κ3) is 3.40. The summed E-state index contributed by atoms with van der Waals surface area (Å²) in [7, 11) is 0. The maximum Gasteiger partial charge on any atom is 0.292 e. The monoisotopic (exact) mass is 384 g/mol. The van der Waals surface area contributed by atoms with Gasteiger partial charge in [-0.25, -0.2) is 4.39 Å². The molecule has 0 atom stereocenters. The number of hydrogen-bond donors (Lipinski definition) is 0. The first kappa shape index (κ1) is 17.5. The summed E-state index contributed by atoms with van der Waals surface area (Å²) in [6.07, 6.45) is 1.62. The lowest BCUT2D eigenvalue weighted by atomic mass is 10.2. The summed E-state index contributed by atoms with van der Waals surface area (Å²) in [5.41, 5.74) is 1.53. The van der Waals surface area contributed by atoms with E-state index in [9.17, 15) is 9.18 Å². The summed E-state index contributed by atoms with van der Waals surface area (Å²) in [6.45, 7) is 2.53. The van der Waals surface area contributed by atoms with Crippen LogP contribution in [0.1, 0.15) is 0 Å². The number of aromatic nitrogens is 2. The Morgan fingerprint density at radius 1 is 0.852 bits per heavy atom. The molecule has 2 heterocycles. The second kappa shape index (κ2) is 7.40. The standard InChI is InChI=1S/C20H18ClFN4O/c21-19-18(14-23-26(20(19)27)15-6-2-1-3-7-15)25-12-10-24(11-13-25)17-9-5-4-8-16(17)22/h1-9,14H,10-13H2. The Labute approximate surface area is 161 Å². The molecule has 5 nitrogen and oxygen atoms in total. The van der Waals surface area contributed by atoms with Gasteiger partial charge in [0.2, 0.25) is 0 Å². The van der Waals surface area contributed by atoms with Crippen molar-refractivity contribution in [2.24, 2.45) is 0 Å². The van der Waals surface area contributed by atoms with E-state index in [0.29, 0.717) is 43.2 Å². The van der Waals surface area contributed by atoms with Gasteiger partial charge in [0.1, 0.15) is 10.8 Å². The minimum Gasteiger partial charge on any atom is -0.366 e. The smallest absolute Gasteiger partial charge is 0.292 e. The Morgan fingerprint density at radius 3 is 2.11 bits per heavy atom. The Bertz CT molecular complexity index is 1000. The van der Waals surface area contributed by atoms with E-state index in [1.165, 1.54) is 10.7 Å². The van der Waals surface area contributed by atoms with Crippen molar-refractivity contribution in [2.75, 3.05) is 36.0 Å². The molecule has 1 aliphatic rings. The van der Waals surface area contributed by atoms with E-state index in [2.05, 4.69) is 5.10 Å². The number of piperazine rings is 1. The van der Waals surface area contributed by atoms with Gasteiger partial charge in [0.15, 0.2) is 0 Å². The van der Waals surface area contributed by atoms with Crippen molar-refractivity contribution in [3.05, 3.63) is 82.0 Å². The third-order valence-corrected chi connectivity index (χ3v) is 5.07. The molecule has 0 N–H and O–H groups in total. The first-order chi connectivity index (χ1) is 13.1. The molecule has 27 heavy (non-hydrogen) atoms. The van der Waals surface area contributed by atoms with E-state index in [0.717, 1.165) is 0 Å². The van der Waals surface area contributed by atoms with Gasteiger partial charge in [-0.1, -0.05) is 41.9 Å². The molecule has 1 aromatic heterocycles. The zero-order chi connectivity index (χ0) is 18.8. The summed E-state index contributed by atoms with van der Waals surface area (Å²) < 4.78 is 15.3. The van der Waals surface area contributed by atoms with Crippen molar-refractivity contribution in [3.63, 3.8) is 0 Å². The van der Waals surface area contributed by atoms with Crippen molar-refractivity contribution in [3.8, 4) is 5.69 Å². The molecule has 1 fully saturated rings. The fourth-order valence-corrected chi connectivity index (χ4v) is 3.54. The lowest BCUT2D eigenvalue weighted by Crippen LogP contribution is -2.47. The van der Waals surface area contributed by atoms with Crippen molar-refractivity contribution in [2.45, 2.75) is 0 Å². The van der Waals surface area contributed by atoms with Crippen LogP contribution in [0.25, 0.3) is 5.69 Å². The number of para-hydroxylation sites is 2. The minimum absolute atomic E-state index is 0.146. The van der Waals surface area contributed by atoms with Gasteiger partial charge in [-0.2, -0.15) is 9.78 Å². The largest absolute Gasteiger partial charge is 0.366 e. The lowest BCUT2D eigenvalue weighted by molar-refractivity contribution is 0.597.